The summed E-state index contributed by atoms with van der Waals surface area (Å²) in [6.45, 7) is 4.12. The summed E-state index contributed by atoms with van der Waals surface area (Å²) in [5, 5.41) is 10.6. The largest absolute Gasteiger partial charge is 0.198 e. The third kappa shape index (κ3) is 3.33. The Bertz CT molecular complexity index is 671. The Morgan fingerprint density at radius 1 is 1.10 bits per heavy atom. The normalized spacial score (nSPS) is 11.9. The molecular weight excluding hydrogens is 289 g/mol. The van der Waals surface area contributed by atoms with Gasteiger partial charge in [0.15, 0.2) is 0 Å². The molecule has 2 aromatic carbocycles. The fourth-order valence-electron chi connectivity index (χ4n) is 2.25. The topological polar surface area (TPSA) is 23.8 Å². The van der Waals surface area contributed by atoms with Crippen LogP contribution in [0.4, 0.5) is 0 Å². The standard InChI is InChI=1S/C17H15Cl2N/c1-11-3-4-12(2)13(7-11)8-14(10-20)16-6-5-15(18)9-17(16)19/h3-7,9,14H,8H2,1-2H3. The highest BCUT2D eigenvalue weighted by Crippen LogP contribution is 2.30. The number of halogens is 2. The molecule has 0 fully saturated rings. The van der Waals surface area contributed by atoms with Crippen molar-refractivity contribution in [3.05, 3.63) is 68.7 Å². The predicted molar refractivity (Wildman–Crippen MR) is 84.4 cm³/mol. The van der Waals surface area contributed by atoms with Gasteiger partial charge in [0.1, 0.15) is 0 Å². The average molecular weight is 304 g/mol. The summed E-state index contributed by atoms with van der Waals surface area (Å²) >= 11 is 12.1. The van der Waals surface area contributed by atoms with Gasteiger partial charge in [0, 0.05) is 10.0 Å². The van der Waals surface area contributed by atoms with Gasteiger partial charge in [0.05, 0.1) is 12.0 Å². The van der Waals surface area contributed by atoms with Crippen molar-refractivity contribution >= 4 is 23.2 Å². The van der Waals surface area contributed by atoms with Crippen molar-refractivity contribution in [2.75, 3.05) is 0 Å². The molecule has 0 radical (unpaired) electrons. The molecule has 0 saturated carbocycles. The molecule has 0 bridgehead atoms. The lowest BCUT2D eigenvalue weighted by Gasteiger charge is -2.14. The summed E-state index contributed by atoms with van der Waals surface area (Å²) in [5.41, 5.74) is 4.41. The number of hydrogen-bond acceptors (Lipinski definition) is 1. The third-order valence-electron chi connectivity index (χ3n) is 3.42. The first-order valence-electron chi connectivity index (χ1n) is 6.42. The minimum absolute atomic E-state index is 0.264. The van der Waals surface area contributed by atoms with Crippen LogP contribution >= 0.6 is 23.2 Å². The van der Waals surface area contributed by atoms with Gasteiger partial charge in [-0.3, -0.25) is 0 Å². The van der Waals surface area contributed by atoms with Crippen molar-refractivity contribution in [3.8, 4) is 6.07 Å². The first kappa shape index (κ1) is 14.9. The quantitative estimate of drug-likeness (QED) is 0.738. The average Bonchev–Trinajstić information content (AvgIpc) is 2.40. The van der Waals surface area contributed by atoms with Gasteiger partial charge in [-0.15, -0.1) is 0 Å². The summed E-state index contributed by atoms with van der Waals surface area (Å²) in [7, 11) is 0. The summed E-state index contributed by atoms with van der Waals surface area (Å²) in [4.78, 5) is 0. The smallest absolute Gasteiger partial charge is 0.0767 e. The van der Waals surface area contributed by atoms with Crippen LogP contribution in [0.15, 0.2) is 36.4 Å². The highest BCUT2D eigenvalue weighted by atomic mass is 35.5. The molecule has 1 unspecified atom stereocenters. The monoisotopic (exact) mass is 303 g/mol. The Hall–Kier alpha value is -1.49. The van der Waals surface area contributed by atoms with Crippen LogP contribution in [0.5, 0.6) is 0 Å². The Labute approximate surface area is 129 Å². The highest BCUT2D eigenvalue weighted by Gasteiger charge is 2.16. The van der Waals surface area contributed by atoms with Crippen molar-refractivity contribution in [1.29, 1.82) is 5.26 Å². The van der Waals surface area contributed by atoms with Crippen LogP contribution in [0, 0.1) is 25.2 Å². The molecule has 0 aliphatic heterocycles. The van der Waals surface area contributed by atoms with Gasteiger partial charge < -0.3 is 0 Å². The summed E-state index contributed by atoms with van der Waals surface area (Å²) in [5.74, 6) is -0.264. The molecular formula is C17H15Cl2N. The molecule has 0 N–H and O–H groups in total. The van der Waals surface area contributed by atoms with E-state index in [-0.39, 0.29) is 5.92 Å². The summed E-state index contributed by atoms with van der Waals surface area (Å²) in [6.07, 6.45) is 0.658. The van der Waals surface area contributed by atoms with E-state index in [2.05, 4.69) is 38.1 Å². The highest BCUT2D eigenvalue weighted by molar-refractivity contribution is 6.35. The molecule has 0 aliphatic rings. The minimum atomic E-state index is -0.264. The maximum atomic E-state index is 9.45. The van der Waals surface area contributed by atoms with Crippen molar-refractivity contribution < 1.29 is 0 Å². The maximum absolute atomic E-state index is 9.45. The molecule has 0 heterocycles. The molecule has 0 aliphatic carbocycles. The number of hydrogen-bond donors (Lipinski definition) is 0. The van der Waals surface area contributed by atoms with Gasteiger partial charge in [-0.25, -0.2) is 0 Å². The molecule has 102 valence electrons. The Morgan fingerprint density at radius 2 is 1.85 bits per heavy atom. The molecule has 2 rings (SSSR count). The number of benzene rings is 2. The Morgan fingerprint density at radius 3 is 2.50 bits per heavy atom. The number of nitriles is 1. The van der Waals surface area contributed by atoms with E-state index in [1.165, 1.54) is 16.7 Å². The van der Waals surface area contributed by atoms with Crippen LogP contribution in [0.2, 0.25) is 10.0 Å². The molecule has 0 aromatic heterocycles. The van der Waals surface area contributed by atoms with Gasteiger partial charge in [0.25, 0.3) is 0 Å². The Kier molecular flexibility index (Phi) is 4.70. The van der Waals surface area contributed by atoms with Crippen molar-refractivity contribution in [1.82, 2.24) is 0 Å². The van der Waals surface area contributed by atoms with E-state index in [9.17, 15) is 5.26 Å². The van der Waals surface area contributed by atoms with Crippen LogP contribution in [-0.4, -0.2) is 0 Å². The van der Waals surface area contributed by atoms with Crippen molar-refractivity contribution in [3.63, 3.8) is 0 Å². The summed E-state index contributed by atoms with van der Waals surface area (Å²) < 4.78 is 0. The first-order valence-corrected chi connectivity index (χ1v) is 7.17. The molecule has 0 amide bonds. The van der Waals surface area contributed by atoms with Crippen molar-refractivity contribution in [2.45, 2.75) is 26.2 Å². The lowest BCUT2D eigenvalue weighted by atomic mass is 9.90. The molecule has 2 aromatic rings. The van der Waals surface area contributed by atoms with Gasteiger partial charge in [-0.1, -0.05) is 53.0 Å². The van der Waals surface area contributed by atoms with Crippen LogP contribution in [0.3, 0.4) is 0 Å². The fraction of sp³-hybridized carbons (Fsp3) is 0.235. The zero-order valence-corrected chi connectivity index (χ0v) is 13.0. The van der Waals surface area contributed by atoms with E-state index >= 15 is 0 Å². The molecule has 1 nitrogen and oxygen atoms in total. The SMILES string of the molecule is Cc1ccc(C)c(CC(C#N)c2ccc(Cl)cc2Cl)c1. The van der Waals surface area contributed by atoms with Crippen LogP contribution in [0.1, 0.15) is 28.2 Å². The van der Waals surface area contributed by atoms with E-state index in [1.807, 2.05) is 6.07 Å². The summed E-state index contributed by atoms with van der Waals surface area (Å²) in [6, 6.07) is 13.9. The first-order chi connectivity index (χ1) is 9.51. The predicted octanol–water partition coefficient (Wildman–Crippen LogP) is 5.46. The van der Waals surface area contributed by atoms with Crippen molar-refractivity contribution in [2.24, 2.45) is 0 Å². The molecule has 0 saturated heterocycles. The Balaban J connectivity index is 2.34. The maximum Gasteiger partial charge on any atom is 0.0767 e. The molecule has 1 atom stereocenters. The fourth-order valence-corrected chi connectivity index (χ4v) is 2.79. The molecule has 3 heteroatoms. The minimum Gasteiger partial charge on any atom is -0.198 e. The molecule has 0 spiro atoms. The van der Waals surface area contributed by atoms with E-state index in [4.69, 9.17) is 23.2 Å². The van der Waals surface area contributed by atoms with E-state index < -0.39 is 0 Å². The molecule has 20 heavy (non-hydrogen) atoms. The lowest BCUT2D eigenvalue weighted by molar-refractivity contribution is 0.842. The zero-order chi connectivity index (χ0) is 14.7. The second kappa shape index (κ2) is 6.31. The number of nitrogens with zero attached hydrogens (tertiary/aromatic N) is 1. The van der Waals surface area contributed by atoms with Gasteiger partial charge in [0.2, 0.25) is 0 Å². The van der Waals surface area contributed by atoms with Crippen LogP contribution in [0.25, 0.3) is 0 Å². The van der Waals surface area contributed by atoms with Gasteiger partial charge >= 0.3 is 0 Å². The van der Waals surface area contributed by atoms with Gasteiger partial charge in [-0.2, -0.15) is 5.26 Å². The van der Waals surface area contributed by atoms with E-state index in [0.717, 1.165) is 5.56 Å². The second-order valence-electron chi connectivity index (χ2n) is 4.98. The third-order valence-corrected chi connectivity index (χ3v) is 3.98. The number of rotatable bonds is 3. The van der Waals surface area contributed by atoms with Crippen LogP contribution < -0.4 is 0 Å². The zero-order valence-electron chi connectivity index (χ0n) is 11.5. The van der Waals surface area contributed by atoms with Gasteiger partial charge in [-0.05, 0) is 49.1 Å². The lowest BCUT2D eigenvalue weighted by Crippen LogP contribution is -2.03. The van der Waals surface area contributed by atoms with E-state index in [1.54, 1.807) is 12.1 Å². The van der Waals surface area contributed by atoms with E-state index in [0.29, 0.717) is 16.5 Å². The number of aryl methyl sites for hydroxylation is 2. The van der Waals surface area contributed by atoms with Crippen LogP contribution in [-0.2, 0) is 6.42 Å². The second-order valence-corrected chi connectivity index (χ2v) is 5.83.